The van der Waals surface area contributed by atoms with Crippen molar-refractivity contribution in [3.8, 4) is 0 Å². The van der Waals surface area contributed by atoms with Gasteiger partial charge in [0.25, 0.3) is 0 Å². The Labute approximate surface area is 149 Å². The molecule has 0 fully saturated rings. The maximum atomic E-state index is 12.0. The van der Waals surface area contributed by atoms with E-state index in [0.29, 0.717) is 11.5 Å². The van der Waals surface area contributed by atoms with Crippen LogP contribution >= 0.6 is 11.8 Å². The van der Waals surface area contributed by atoms with Crippen LogP contribution in [0.15, 0.2) is 59.6 Å². The second-order valence-electron chi connectivity index (χ2n) is 5.25. The first kappa shape index (κ1) is 16.9. The van der Waals surface area contributed by atoms with Crippen molar-refractivity contribution in [3.05, 3.63) is 60.4 Å². The Balaban J connectivity index is 1.60. The lowest BCUT2D eigenvalue weighted by Crippen LogP contribution is -2.35. The Morgan fingerprint density at radius 3 is 2.52 bits per heavy atom. The quantitative estimate of drug-likeness (QED) is 0.555. The summed E-state index contributed by atoms with van der Waals surface area (Å²) >= 11 is 1.28. The Kier molecular flexibility index (Phi) is 5.25. The summed E-state index contributed by atoms with van der Waals surface area (Å²) < 4.78 is 0. The first-order chi connectivity index (χ1) is 12.1. The highest BCUT2D eigenvalue weighted by Crippen LogP contribution is 2.24. The van der Waals surface area contributed by atoms with Crippen LogP contribution in [0.1, 0.15) is 5.82 Å². The number of amides is 3. The fourth-order valence-electron chi connectivity index (χ4n) is 2.25. The average Bonchev–Trinajstić information content (AvgIpc) is 2.60. The van der Waals surface area contributed by atoms with Crippen LogP contribution in [-0.2, 0) is 4.79 Å². The summed E-state index contributed by atoms with van der Waals surface area (Å²) in [5, 5.41) is 6.52. The number of anilines is 1. The van der Waals surface area contributed by atoms with Gasteiger partial charge in [0.05, 0.1) is 11.3 Å². The summed E-state index contributed by atoms with van der Waals surface area (Å²) in [5.41, 5.74) is 1.46. The largest absolute Gasteiger partial charge is 0.325 e. The zero-order chi connectivity index (χ0) is 17.6. The Morgan fingerprint density at radius 2 is 1.72 bits per heavy atom. The molecule has 0 aliphatic heterocycles. The van der Waals surface area contributed by atoms with Gasteiger partial charge in [-0.2, -0.15) is 0 Å². The van der Waals surface area contributed by atoms with Gasteiger partial charge in [-0.3, -0.25) is 10.1 Å². The number of fused-ring (bicyclic) bond motifs is 1. The summed E-state index contributed by atoms with van der Waals surface area (Å²) in [6.45, 7) is 1.81. The first-order valence-corrected chi connectivity index (χ1v) is 8.62. The monoisotopic (exact) mass is 352 g/mol. The molecule has 1 aromatic heterocycles. The van der Waals surface area contributed by atoms with Crippen molar-refractivity contribution in [1.82, 2.24) is 15.3 Å². The third-order valence-corrected chi connectivity index (χ3v) is 4.30. The van der Waals surface area contributed by atoms with Crippen LogP contribution in [0.25, 0.3) is 10.9 Å². The van der Waals surface area contributed by atoms with Crippen LogP contribution in [0.4, 0.5) is 10.5 Å². The van der Waals surface area contributed by atoms with E-state index in [1.54, 1.807) is 24.3 Å². The van der Waals surface area contributed by atoms with E-state index in [0.717, 1.165) is 15.9 Å². The third-order valence-electron chi connectivity index (χ3n) is 3.30. The number of thioether (sulfide) groups is 1. The smallest absolute Gasteiger partial charge is 0.308 e. The highest BCUT2D eigenvalue weighted by Gasteiger charge is 2.11. The molecule has 25 heavy (non-hydrogen) atoms. The molecule has 7 heteroatoms. The molecule has 0 unspecified atom stereocenters. The zero-order valence-corrected chi connectivity index (χ0v) is 14.3. The van der Waals surface area contributed by atoms with Crippen LogP contribution < -0.4 is 10.6 Å². The van der Waals surface area contributed by atoms with Crippen molar-refractivity contribution in [1.29, 1.82) is 0 Å². The number of hydrogen-bond acceptors (Lipinski definition) is 5. The maximum absolute atomic E-state index is 12.0. The molecule has 0 bridgehead atoms. The normalized spacial score (nSPS) is 10.4. The number of rotatable bonds is 4. The van der Waals surface area contributed by atoms with Gasteiger partial charge in [0.2, 0.25) is 5.91 Å². The Bertz CT molecular complexity index is 915. The second-order valence-corrected chi connectivity index (χ2v) is 6.21. The minimum atomic E-state index is -0.555. The third kappa shape index (κ3) is 4.54. The number of imide groups is 1. The van der Waals surface area contributed by atoms with Gasteiger partial charge < -0.3 is 5.32 Å². The van der Waals surface area contributed by atoms with Gasteiger partial charge in [-0.1, -0.05) is 48.2 Å². The molecule has 0 aliphatic rings. The van der Waals surface area contributed by atoms with Crippen molar-refractivity contribution in [2.24, 2.45) is 0 Å². The molecule has 3 rings (SSSR count). The molecule has 3 amide bonds. The first-order valence-electron chi connectivity index (χ1n) is 7.64. The molecule has 0 saturated heterocycles. The van der Waals surface area contributed by atoms with E-state index < -0.39 is 11.9 Å². The number of nitrogens with zero attached hydrogens (tertiary/aromatic N) is 2. The van der Waals surface area contributed by atoms with Crippen molar-refractivity contribution < 1.29 is 9.59 Å². The number of hydrogen-bond donors (Lipinski definition) is 2. The molecule has 2 N–H and O–H groups in total. The van der Waals surface area contributed by atoms with Gasteiger partial charge in [-0.15, -0.1) is 0 Å². The Morgan fingerprint density at radius 1 is 1.00 bits per heavy atom. The zero-order valence-electron chi connectivity index (χ0n) is 13.5. The van der Waals surface area contributed by atoms with Crippen molar-refractivity contribution in [3.63, 3.8) is 0 Å². The molecule has 3 aromatic rings. The highest BCUT2D eigenvalue weighted by atomic mass is 32.2. The lowest BCUT2D eigenvalue weighted by Gasteiger charge is -2.08. The lowest BCUT2D eigenvalue weighted by atomic mass is 10.2. The van der Waals surface area contributed by atoms with Crippen molar-refractivity contribution in [2.45, 2.75) is 11.9 Å². The van der Waals surface area contributed by atoms with Gasteiger partial charge in [0.15, 0.2) is 0 Å². The number of nitrogens with one attached hydrogen (secondary N) is 2. The summed E-state index contributed by atoms with van der Waals surface area (Å²) in [7, 11) is 0. The van der Waals surface area contributed by atoms with Gasteiger partial charge in [-0.25, -0.2) is 14.8 Å². The molecule has 1 heterocycles. The van der Waals surface area contributed by atoms with Gasteiger partial charge in [-0.05, 0) is 25.1 Å². The van der Waals surface area contributed by atoms with E-state index in [9.17, 15) is 9.59 Å². The van der Waals surface area contributed by atoms with Crippen LogP contribution in [0, 0.1) is 6.92 Å². The maximum Gasteiger partial charge on any atom is 0.325 e. The van der Waals surface area contributed by atoms with Crippen LogP contribution in [-0.4, -0.2) is 27.7 Å². The van der Waals surface area contributed by atoms with E-state index in [1.807, 2.05) is 37.3 Å². The average molecular weight is 352 g/mol. The van der Waals surface area contributed by atoms with Gasteiger partial charge in [0.1, 0.15) is 10.9 Å². The number of para-hydroxylation sites is 2. The number of aryl methyl sites for hydroxylation is 1. The highest BCUT2D eigenvalue weighted by molar-refractivity contribution is 8.00. The summed E-state index contributed by atoms with van der Waals surface area (Å²) in [4.78, 5) is 32.6. The second kappa shape index (κ2) is 7.76. The number of carbonyl (C=O) groups is 2. The molecule has 0 radical (unpaired) electrons. The number of aromatic nitrogens is 2. The van der Waals surface area contributed by atoms with Gasteiger partial charge in [0, 0.05) is 11.1 Å². The molecular weight excluding hydrogens is 336 g/mol. The van der Waals surface area contributed by atoms with E-state index in [2.05, 4.69) is 20.6 Å². The molecule has 2 aromatic carbocycles. The number of benzene rings is 2. The fraction of sp³-hybridized carbons (Fsp3) is 0.111. The molecule has 6 nitrogen and oxygen atoms in total. The van der Waals surface area contributed by atoms with E-state index in [1.165, 1.54) is 11.8 Å². The predicted octanol–water partition coefficient (Wildman–Crippen LogP) is 3.38. The molecule has 126 valence electrons. The lowest BCUT2D eigenvalue weighted by molar-refractivity contribution is -0.117. The molecule has 0 spiro atoms. The van der Waals surface area contributed by atoms with Crippen molar-refractivity contribution >= 4 is 40.3 Å². The van der Waals surface area contributed by atoms with Crippen molar-refractivity contribution in [2.75, 3.05) is 11.1 Å². The fourth-order valence-corrected chi connectivity index (χ4v) is 3.11. The van der Waals surface area contributed by atoms with E-state index in [4.69, 9.17) is 0 Å². The predicted molar refractivity (Wildman–Crippen MR) is 98.6 cm³/mol. The van der Waals surface area contributed by atoms with Gasteiger partial charge >= 0.3 is 6.03 Å². The SMILES string of the molecule is Cc1nc(SCC(=O)NC(=O)Nc2ccccc2)c2ccccc2n1. The summed E-state index contributed by atoms with van der Waals surface area (Å²) in [6, 6.07) is 16.0. The summed E-state index contributed by atoms with van der Waals surface area (Å²) in [5.74, 6) is 0.338. The van der Waals surface area contributed by atoms with E-state index >= 15 is 0 Å². The summed E-state index contributed by atoms with van der Waals surface area (Å²) in [6.07, 6.45) is 0. The molecular formula is C18H16N4O2S. The standard InChI is InChI=1S/C18H16N4O2S/c1-12-19-15-10-6-5-9-14(15)17(20-12)25-11-16(23)22-18(24)21-13-7-3-2-4-8-13/h2-10H,11H2,1H3,(H2,21,22,23,24). The minimum Gasteiger partial charge on any atom is -0.308 e. The Hall–Kier alpha value is -2.93. The minimum absolute atomic E-state index is 0.0860. The number of carbonyl (C=O) groups excluding carboxylic acids is 2. The number of urea groups is 1. The molecule has 0 saturated carbocycles. The van der Waals surface area contributed by atoms with Crippen LogP contribution in [0.2, 0.25) is 0 Å². The van der Waals surface area contributed by atoms with E-state index in [-0.39, 0.29) is 5.75 Å². The molecule has 0 atom stereocenters. The van der Waals surface area contributed by atoms with Crippen LogP contribution in [0.3, 0.4) is 0 Å². The van der Waals surface area contributed by atoms with Crippen LogP contribution in [0.5, 0.6) is 0 Å². The molecule has 0 aliphatic carbocycles. The topological polar surface area (TPSA) is 84.0 Å².